The lowest BCUT2D eigenvalue weighted by molar-refractivity contribution is -0.137. The minimum absolute atomic E-state index is 0.0261. The topological polar surface area (TPSA) is 29.1 Å². The summed E-state index contributed by atoms with van der Waals surface area (Å²) in [6.07, 6.45) is -1.87. The zero-order valence-corrected chi connectivity index (χ0v) is 13.3. The van der Waals surface area contributed by atoms with Gasteiger partial charge in [0.15, 0.2) is 0 Å². The van der Waals surface area contributed by atoms with Crippen molar-refractivity contribution in [3.05, 3.63) is 47.0 Å². The zero-order valence-electron chi connectivity index (χ0n) is 13.3. The zero-order chi connectivity index (χ0) is 16.9. The minimum Gasteiger partial charge on any atom is -0.345 e. The van der Waals surface area contributed by atoms with Crippen molar-refractivity contribution in [1.82, 2.24) is 5.32 Å². The van der Waals surface area contributed by atoms with Gasteiger partial charge >= 0.3 is 6.18 Å². The maximum atomic E-state index is 12.8. The molecular weight excluding hydrogens is 291 g/mol. The van der Waals surface area contributed by atoms with Crippen molar-refractivity contribution in [3.8, 4) is 0 Å². The monoisotopic (exact) mass is 313 g/mol. The van der Waals surface area contributed by atoms with E-state index in [2.05, 4.69) is 5.32 Å². The van der Waals surface area contributed by atoms with E-state index in [1.54, 1.807) is 19.1 Å². The van der Waals surface area contributed by atoms with E-state index in [0.717, 1.165) is 18.6 Å². The number of hydrogen-bond acceptors (Lipinski definition) is 1. The second kappa shape index (κ2) is 7.47. The molecule has 0 aliphatic carbocycles. The largest absolute Gasteiger partial charge is 0.416 e. The van der Waals surface area contributed by atoms with Crippen LogP contribution in [0.15, 0.2) is 35.9 Å². The Kier molecular flexibility index (Phi) is 6.21. The van der Waals surface area contributed by atoms with Crippen LogP contribution in [0.5, 0.6) is 0 Å². The summed E-state index contributed by atoms with van der Waals surface area (Å²) < 4.78 is 38.5. The van der Waals surface area contributed by atoms with Gasteiger partial charge in [-0.15, -0.1) is 0 Å². The Morgan fingerprint density at radius 1 is 1.32 bits per heavy atom. The second-order valence-corrected chi connectivity index (χ2v) is 5.61. The Morgan fingerprint density at radius 2 is 1.95 bits per heavy atom. The smallest absolute Gasteiger partial charge is 0.345 e. The van der Waals surface area contributed by atoms with Crippen LogP contribution in [-0.4, -0.2) is 5.91 Å². The number of allylic oxidation sites excluding steroid dienone is 1. The molecule has 1 aromatic carbocycles. The molecular formula is C17H22F3NO. The first-order chi connectivity index (χ1) is 10.2. The molecule has 0 bridgehead atoms. The highest BCUT2D eigenvalue weighted by Gasteiger charge is 2.31. The summed E-state index contributed by atoms with van der Waals surface area (Å²) in [6.45, 7) is 7.35. The lowest BCUT2D eigenvalue weighted by atomic mass is 9.94. The van der Waals surface area contributed by atoms with E-state index in [4.69, 9.17) is 0 Å². The van der Waals surface area contributed by atoms with Crippen LogP contribution in [0.1, 0.15) is 51.3 Å². The number of carbonyl (C=O) groups excluding carboxylic acids is 1. The van der Waals surface area contributed by atoms with Gasteiger partial charge in [-0.25, -0.2) is 0 Å². The van der Waals surface area contributed by atoms with Gasteiger partial charge in [0.2, 0.25) is 5.91 Å². The number of hydrogen-bond donors (Lipinski definition) is 1. The molecule has 122 valence electrons. The van der Waals surface area contributed by atoms with E-state index in [0.29, 0.717) is 11.1 Å². The summed E-state index contributed by atoms with van der Waals surface area (Å²) in [5.41, 5.74) is 0.327. The molecule has 22 heavy (non-hydrogen) atoms. The third-order valence-electron chi connectivity index (χ3n) is 3.39. The molecule has 1 aromatic rings. The Morgan fingerprint density at radius 3 is 2.45 bits per heavy atom. The van der Waals surface area contributed by atoms with Crippen LogP contribution in [0.25, 0.3) is 0 Å². The molecule has 0 aliphatic rings. The first-order valence-corrected chi connectivity index (χ1v) is 7.31. The van der Waals surface area contributed by atoms with Gasteiger partial charge in [-0.1, -0.05) is 39.0 Å². The maximum Gasteiger partial charge on any atom is 0.416 e. The van der Waals surface area contributed by atoms with E-state index in [9.17, 15) is 18.0 Å². The molecule has 5 heteroatoms. The molecule has 1 N–H and O–H groups in total. The van der Waals surface area contributed by atoms with Crippen LogP contribution in [0.4, 0.5) is 13.2 Å². The number of amides is 1. The van der Waals surface area contributed by atoms with Gasteiger partial charge in [0.25, 0.3) is 0 Å². The van der Waals surface area contributed by atoms with E-state index in [1.165, 1.54) is 6.07 Å². The first kappa shape index (κ1) is 18.3. The Bertz CT molecular complexity index is 547. The Hall–Kier alpha value is -1.78. The van der Waals surface area contributed by atoms with Crippen molar-refractivity contribution in [1.29, 1.82) is 0 Å². The maximum absolute atomic E-state index is 12.8. The molecule has 1 unspecified atom stereocenters. The van der Waals surface area contributed by atoms with Crippen LogP contribution in [0, 0.1) is 5.92 Å². The van der Waals surface area contributed by atoms with Gasteiger partial charge < -0.3 is 5.32 Å². The lowest BCUT2D eigenvalue weighted by Gasteiger charge is -2.24. The average molecular weight is 313 g/mol. The minimum atomic E-state index is -4.39. The number of halogens is 3. The van der Waals surface area contributed by atoms with Crippen molar-refractivity contribution in [2.75, 3.05) is 0 Å². The SMILES string of the molecule is CC/C=C(/C)C(=O)NC(c1cccc(C(F)(F)F)c1)C(C)C. The first-order valence-electron chi connectivity index (χ1n) is 7.31. The summed E-state index contributed by atoms with van der Waals surface area (Å²) in [7, 11) is 0. The Balaban J connectivity index is 3.07. The van der Waals surface area contributed by atoms with E-state index < -0.39 is 17.8 Å². The molecule has 1 amide bonds. The number of carbonyl (C=O) groups is 1. The molecule has 0 heterocycles. The standard InChI is InChI=1S/C17H22F3NO/c1-5-7-12(4)16(22)21-15(11(2)3)13-8-6-9-14(10-13)17(18,19)20/h6-11,15H,5H2,1-4H3,(H,21,22)/b12-7-. The highest BCUT2D eigenvalue weighted by Crippen LogP contribution is 2.32. The van der Waals surface area contributed by atoms with Gasteiger partial charge in [-0.05, 0) is 37.0 Å². The summed E-state index contributed by atoms with van der Waals surface area (Å²) in [5.74, 6) is -0.278. The number of benzene rings is 1. The summed E-state index contributed by atoms with van der Waals surface area (Å²) in [5, 5.41) is 2.82. The average Bonchev–Trinajstić information content (AvgIpc) is 2.43. The molecule has 1 rings (SSSR count). The summed E-state index contributed by atoms with van der Waals surface area (Å²) in [4.78, 5) is 12.1. The third-order valence-corrected chi connectivity index (χ3v) is 3.39. The van der Waals surface area contributed by atoms with Crippen LogP contribution in [0.2, 0.25) is 0 Å². The highest BCUT2D eigenvalue weighted by atomic mass is 19.4. The van der Waals surface area contributed by atoms with Crippen LogP contribution >= 0.6 is 0 Å². The van der Waals surface area contributed by atoms with E-state index >= 15 is 0 Å². The van der Waals surface area contributed by atoms with Crippen molar-refractivity contribution in [3.63, 3.8) is 0 Å². The van der Waals surface area contributed by atoms with Crippen LogP contribution in [0.3, 0.4) is 0 Å². The predicted octanol–water partition coefficient (Wildman–Crippen LogP) is 4.88. The van der Waals surface area contributed by atoms with Gasteiger partial charge in [-0.2, -0.15) is 13.2 Å². The van der Waals surface area contributed by atoms with Gasteiger partial charge in [0.1, 0.15) is 0 Å². The third kappa shape index (κ3) is 4.90. The fourth-order valence-corrected chi connectivity index (χ4v) is 2.20. The second-order valence-electron chi connectivity index (χ2n) is 5.61. The molecule has 0 radical (unpaired) electrons. The van der Waals surface area contributed by atoms with Crippen LogP contribution in [-0.2, 0) is 11.0 Å². The number of nitrogens with one attached hydrogen (secondary N) is 1. The number of rotatable bonds is 5. The fraction of sp³-hybridized carbons (Fsp3) is 0.471. The molecule has 0 saturated carbocycles. The van der Waals surface area contributed by atoms with Gasteiger partial charge in [0, 0.05) is 5.57 Å². The van der Waals surface area contributed by atoms with Crippen molar-refractivity contribution in [2.24, 2.45) is 5.92 Å². The molecule has 0 aliphatic heterocycles. The van der Waals surface area contributed by atoms with Gasteiger partial charge in [0.05, 0.1) is 11.6 Å². The molecule has 0 spiro atoms. The molecule has 0 saturated heterocycles. The lowest BCUT2D eigenvalue weighted by Crippen LogP contribution is -2.32. The molecule has 0 aromatic heterocycles. The fourth-order valence-electron chi connectivity index (χ4n) is 2.20. The normalized spacial score (nSPS) is 14.1. The summed E-state index contributed by atoms with van der Waals surface area (Å²) in [6, 6.07) is 4.65. The molecule has 2 nitrogen and oxygen atoms in total. The number of alkyl halides is 3. The van der Waals surface area contributed by atoms with Crippen molar-refractivity contribution < 1.29 is 18.0 Å². The van der Waals surface area contributed by atoms with E-state index in [-0.39, 0.29) is 11.8 Å². The van der Waals surface area contributed by atoms with Crippen molar-refractivity contribution in [2.45, 2.75) is 46.3 Å². The highest BCUT2D eigenvalue weighted by molar-refractivity contribution is 5.93. The molecule has 0 fully saturated rings. The predicted molar refractivity (Wildman–Crippen MR) is 81.2 cm³/mol. The quantitative estimate of drug-likeness (QED) is 0.772. The van der Waals surface area contributed by atoms with Crippen LogP contribution < -0.4 is 5.32 Å². The van der Waals surface area contributed by atoms with E-state index in [1.807, 2.05) is 20.8 Å². The Labute approximate surface area is 129 Å². The van der Waals surface area contributed by atoms with Crippen molar-refractivity contribution >= 4 is 5.91 Å². The van der Waals surface area contributed by atoms with Gasteiger partial charge in [-0.3, -0.25) is 4.79 Å². The summed E-state index contributed by atoms with van der Waals surface area (Å²) >= 11 is 0. The molecule has 1 atom stereocenters.